The maximum absolute atomic E-state index is 11.9. The number of aryl methyl sites for hydroxylation is 1. The summed E-state index contributed by atoms with van der Waals surface area (Å²) in [6.07, 6.45) is 0. The highest BCUT2D eigenvalue weighted by Gasteiger charge is 2.37. The Morgan fingerprint density at radius 1 is 1.17 bits per heavy atom. The fraction of sp³-hybridized carbons (Fsp3) is 0.222. The topological polar surface area (TPSA) is 78.7 Å². The summed E-state index contributed by atoms with van der Waals surface area (Å²) < 4.78 is 5.79. The van der Waals surface area contributed by atoms with E-state index >= 15 is 0 Å². The van der Waals surface area contributed by atoms with Crippen molar-refractivity contribution in [2.75, 3.05) is 5.32 Å². The van der Waals surface area contributed by atoms with Gasteiger partial charge in [-0.05, 0) is 19.4 Å². The number of allylic oxidation sites excluding steroid dienone is 1. The summed E-state index contributed by atoms with van der Waals surface area (Å²) in [7, 11) is 0. The van der Waals surface area contributed by atoms with Gasteiger partial charge in [-0.2, -0.15) is 0 Å². The van der Waals surface area contributed by atoms with Crippen LogP contribution in [0.25, 0.3) is 0 Å². The minimum atomic E-state index is -0.321. The SMILES string of the molecule is CC1=C2C(=NCc3ccccc3)Nc3cc(C)oc3C2NC(=O)N1. The van der Waals surface area contributed by atoms with E-state index in [2.05, 4.69) is 16.0 Å². The summed E-state index contributed by atoms with van der Waals surface area (Å²) >= 11 is 0. The maximum atomic E-state index is 11.9. The van der Waals surface area contributed by atoms with Crippen LogP contribution >= 0.6 is 0 Å². The molecule has 6 heteroatoms. The molecule has 6 nitrogen and oxygen atoms in total. The molecule has 24 heavy (non-hydrogen) atoms. The molecule has 2 aliphatic rings. The summed E-state index contributed by atoms with van der Waals surface area (Å²) in [5.74, 6) is 2.26. The number of furan rings is 1. The molecule has 1 aromatic carbocycles. The van der Waals surface area contributed by atoms with Crippen LogP contribution in [0.15, 0.2) is 57.1 Å². The number of anilines is 1. The van der Waals surface area contributed by atoms with Crippen molar-refractivity contribution in [3.8, 4) is 0 Å². The summed E-state index contributed by atoms with van der Waals surface area (Å²) in [5, 5.41) is 9.07. The maximum Gasteiger partial charge on any atom is 0.319 e. The van der Waals surface area contributed by atoms with E-state index in [4.69, 9.17) is 9.41 Å². The molecule has 0 radical (unpaired) electrons. The van der Waals surface area contributed by atoms with Gasteiger partial charge in [0.15, 0.2) is 5.76 Å². The predicted molar refractivity (Wildman–Crippen MR) is 91.8 cm³/mol. The van der Waals surface area contributed by atoms with E-state index < -0.39 is 0 Å². The van der Waals surface area contributed by atoms with Gasteiger partial charge in [-0.1, -0.05) is 30.3 Å². The fourth-order valence-corrected chi connectivity index (χ4v) is 3.12. The third-order valence-electron chi connectivity index (χ3n) is 4.19. The number of hydrogen-bond donors (Lipinski definition) is 3. The zero-order valence-electron chi connectivity index (χ0n) is 13.5. The highest BCUT2D eigenvalue weighted by molar-refractivity contribution is 6.13. The van der Waals surface area contributed by atoms with Gasteiger partial charge < -0.3 is 20.4 Å². The molecule has 1 atom stereocenters. The van der Waals surface area contributed by atoms with Gasteiger partial charge in [-0.25, -0.2) is 4.79 Å². The minimum absolute atomic E-state index is 0.231. The van der Waals surface area contributed by atoms with E-state index in [9.17, 15) is 4.79 Å². The van der Waals surface area contributed by atoms with Crippen LogP contribution in [0.2, 0.25) is 0 Å². The van der Waals surface area contributed by atoms with Gasteiger partial charge in [0.05, 0.1) is 12.2 Å². The van der Waals surface area contributed by atoms with E-state index in [1.54, 1.807) is 0 Å². The average Bonchev–Trinajstić information content (AvgIpc) is 2.93. The van der Waals surface area contributed by atoms with Crippen LogP contribution in [-0.4, -0.2) is 11.9 Å². The van der Waals surface area contributed by atoms with Crippen molar-refractivity contribution in [3.63, 3.8) is 0 Å². The molecule has 0 bridgehead atoms. The minimum Gasteiger partial charge on any atom is -0.462 e. The number of benzene rings is 1. The van der Waals surface area contributed by atoms with E-state index in [0.717, 1.165) is 39.9 Å². The summed E-state index contributed by atoms with van der Waals surface area (Å²) in [4.78, 5) is 16.6. The predicted octanol–water partition coefficient (Wildman–Crippen LogP) is 3.24. The summed E-state index contributed by atoms with van der Waals surface area (Å²) in [5.41, 5.74) is 3.67. The Bertz CT molecular complexity index is 864. The summed E-state index contributed by atoms with van der Waals surface area (Å²) in [6.45, 7) is 4.33. The largest absolute Gasteiger partial charge is 0.462 e. The molecule has 0 saturated heterocycles. The second kappa shape index (κ2) is 5.56. The molecule has 4 rings (SSSR count). The number of amidine groups is 1. The fourth-order valence-electron chi connectivity index (χ4n) is 3.12. The molecule has 0 spiro atoms. The van der Waals surface area contributed by atoms with Crippen LogP contribution in [0.3, 0.4) is 0 Å². The third kappa shape index (κ3) is 2.46. The van der Waals surface area contributed by atoms with Gasteiger partial charge in [0.2, 0.25) is 0 Å². The number of amides is 2. The second-order valence-electron chi connectivity index (χ2n) is 5.98. The van der Waals surface area contributed by atoms with Crippen LogP contribution in [0, 0.1) is 6.92 Å². The molecule has 1 unspecified atom stereocenters. The molecule has 0 fully saturated rings. The Kier molecular flexibility index (Phi) is 3.37. The highest BCUT2D eigenvalue weighted by Crippen LogP contribution is 2.38. The van der Waals surface area contributed by atoms with E-state index in [-0.39, 0.29) is 12.1 Å². The molecular weight excluding hydrogens is 304 g/mol. The molecule has 2 aliphatic heterocycles. The Labute approximate surface area is 139 Å². The molecule has 0 saturated carbocycles. The van der Waals surface area contributed by atoms with Crippen molar-refractivity contribution in [1.29, 1.82) is 0 Å². The van der Waals surface area contributed by atoms with Crippen molar-refractivity contribution in [3.05, 3.63) is 64.8 Å². The van der Waals surface area contributed by atoms with Crippen molar-refractivity contribution < 1.29 is 9.21 Å². The summed E-state index contributed by atoms with van der Waals surface area (Å²) in [6, 6.07) is 11.4. The second-order valence-corrected chi connectivity index (χ2v) is 5.98. The standard InChI is InChI=1S/C18H18N4O2/c1-10-8-13-16(24-10)15-14(11(2)20-18(23)22-15)17(21-13)19-9-12-6-4-3-5-7-12/h3-8,15H,9H2,1-2H3,(H,19,21)(H2,20,22,23). The first kappa shape index (κ1) is 14.6. The van der Waals surface area contributed by atoms with Gasteiger partial charge in [0.1, 0.15) is 17.6 Å². The normalized spacial score (nSPS) is 20.8. The molecular formula is C18H18N4O2. The molecule has 2 aromatic rings. The monoisotopic (exact) mass is 322 g/mol. The number of rotatable bonds is 2. The molecule has 2 amide bonds. The first-order valence-corrected chi connectivity index (χ1v) is 7.86. The average molecular weight is 322 g/mol. The Hall–Kier alpha value is -3.02. The van der Waals surface area contributed by atoms with E-state index in [0.29, 0.717) is 6.54 Å². The Morgan fingerprint density at radius 2 is 1.96 bits per heavy atom. The number of fused-ring (bicyclic) bond motifs is 3. The zero-order valence-corrected chi connectivity index (χ0v) is 13.5. The van der Waals surface area contributed by atoms with Gasteiger partial charge in [-0.15, -0.1) is 0 Å². The zero-order chi connectivity index (χ0) is 16.7. The first-order valence-electron chi connectivity index (χ1n) is 7.86. The van der Waals surface area contributed by atoms with Crippen LogP contribution in [0.4, 0.5) is 10.5 Å². The molecule has 1 aromatic heterocycles. The van der Waals surface area contributed by atoms with Gasteiger partial charge >= 0.3 is 6.03 Å². The van der Waals surface area contributed by atoms with Crippen LogP contribution in [0.1, 0.15) is 30.0 Å². The van der Waals surface area contributed by atoms with E-state index in [1.807, 2.05) is 50.2 Å². The Morgan fingerprint density at radius 3 is 2.75 bits per heavy atom. The van der Waals surface area contributed by atoms with Crippen molar-refractivity contribution in [2.24, 2.45) is 4.99 Å². The lowest BCUT2D eigenvalue weighted by Gasteiger charge is -2.32. The molecule has 3 heterocycles. The first-order chi connectivity index (χ1) is 11.6. The number of nitrogens with zero attached hydrogens (tertiary/aromatic N) is 1. The van der Waals surface area contributed by atoms with Crippen LogP contribution in [-0.2, 0) is 6.54 Å². The van der Waals surface area contributed by atoms with Gasteiger partial charge in [0, 0.05) is 17.3 Å². The van der Waals surface area contributed by atoms with Crippen molar-refractivity contribution >= 4 is 17.6 Å². The van der Waals surface area contributed by atoms with Crippen LogP contribution < -0.4 is 16.0 Å². The number of hydrogen-bond acceptors (Lipinski definition) is 3. The molecule has 0 aliphatic carbocycles. The van der Waals surface area contributed by atoms with Crippen molar-refractivity contribution in [1.82, 2.24) is 10.6 Å². The number of aliphatic imine (C=N–C) groups is 1. The number of carbonyl (C=O) groups is 1. The number of carbonyl (C=O) groups excluding carboxylic acids is 1. The lowest BCUT2D eigenvalue weighted by molar-refractivity contribution is 0.237. The smallest absolute Gasteiger partial charge is 0.319 e. The van der Waals surface area contributed by atoms with Crippen molar-refractivity contribution in [2.45, 2.75) is 26.4 Å². The third-order valence-corrected chi connectivity index (χ3v) is 4.19. The van der Waals surface area contributed by atoms with Gasteiger partial charge in [0.25, 0.3) is 0 Å². The molecule has 122 valence electrons. The highest BCUT2D eigenvalue weighted by atomic mass is 16.3. The lowest BCUT2D eigenvalue weighted by atomic mass is 9.95. The van der Waals surface area contributed by atoms with E-state index in [1.165, 1.54) is 0 Å². The van der Waals surface area contributed by atoms with Gasteiger partial charge in [-0.3, -0.25) is 4.99 Å². The number of urea groups is 1. The lowest BCUT2D eigenvalue weighted by Crippen LogP contribution is -2.47. The number of nitrogens with one attached hydrogen (secondary N) is 3. The Balaban J connectivity index is 1.76. The van der Waals surface area contributed by atoms with Crippen LogP contribution in [0.5, 0.6) is 0 Å². The molecule has 3 N–H and O–H groups in total. The quantitative estimate of drug-likeness (QED) is 0.794.